The molecule has 3 aromatic rings. The lowest BCUT2D eigenvalue weighted by molar-refractivity contribution is 0.0949. The van der Waals surface area contributed by atoms with Crippen molar-refractivity contribution in [2.24, 2.45) is 0 Å². The van der Waals surface area contributed by atoms with Gasteiger partial charge in [-0.1, -0.05) is 12.1 Å². The molecule has 5 nitrogen and oxygen atoms in total. The van der Waals surface area contributed by atoms with Crippen LogP contribution in [0.25, 0.3) is 5.65 Å². The number of hydrogen-bond acceptors (Lipinski definition) is 3. The number of pyridine rings is 2. The Bertz CT molecular complexity index is 688. The second-order valence-electron chi connectivity index (χ2n) is 4.42. The molecule has 0 atom stereocenters. The van der Waals surface area contributed by atoms with E-state index in [1.54, 1.807) is 12.4 Å². The van der Waals surface area contributed by atoms with Crippen LogP contribution >= 0.6 is 0 Å². The van der Waals surface area contributed by atoms with Crippen LogP contribution in [0.5, 0.6) is 0 Å². The van der Waals surface area contributed by atoms with E-state index in [0.717, 1.165) is 11.3 Å². The minimum Gasteiger partial charge on any atom is -0.350 e. The molecule has 3 rings (SSSR count). The topological polar surface area (TPSA) is 59.3 Å². The SMILES string of the molecule is O=C(NCCc1ccccn1)c1cn2ccccc2n1. The summed E-state index contributed by atoms with van der Waals surface area (Å²) in [5.41, 5.74) is 2.15. The van der Waals surface area contributed by atoms with Crippen LogP contribution < -0.4 is 5.32 Å². The second kappa shape index (κ2) is 5.52. The van der Waals surface area contributed by atoms with Gasteiger partial charge in [0.2, 0.25) is 0 Å². The highest BCUT2D eigenvalue weighted by molar-refractivity contribution is 5.92. The summed E-state index contributed by atoms with van der Waals surface area (Å²) in [6.07, 6.45) is 6.05. The maximum atomic E-state index is 12.0. The van der Waals surface area contributed by atoms with Crippen LogP contribution in [-0.4, -0.2) is 26.8 Å². The highest BCUT2D eigenvalue weighted by Gasteiger charge is 2.09. The van der Waals surface area contributed by atoms with E-state index in [4.69, 9.17) is 0 Å². The molecule has 0 spiro atoms. The first-order chi connectivity index (χ1) is 9.83. The summed E-state index contributed by atoms with van der Waals surface area (Å²) in [5.74, 6) is -0.162. The molecule has 0 radical (unpaired) electrons. The molecule has 20 heavy (non-hydrogen) atoms. The van der Waals surface area contributed by atoms with Crippen LogP contribution in [0.2, 0.25) is 0 Å². The van der Waals surface area contributed by atoms with E-state index in [1.807, 2.05) is 47.0 Å². The van der Waals surface area contributed by atoms with Gasteiger partial charge in [0.15, 0.2) is 0 Å². The van der Waals surface area contributed by atoms with Crippen molar-refractivity contribution in [2.75, 3.05) is 6.54 Å². The van der Waals surface area contributed by atoms with Crippen molar-refractivity contribution in [3.63, 3.8) is 0 Å². The van der Waals surface area contributed by atoms with Gasteiger partial charge in [0, 0.05) is 37.3 Å². The number of nitrogens with one attached hydrogen (secondary N) is 1. The summed E-state index contributed by atoms with van der Waals surface area (Å²) in [4.78, 5) is 20.5. The molecule has 5 heteroatoms. The van der Waals surface area contributed by atoms with Crippen LogP contribution in [0, 0.1) is 0 Å². The number of amides is 1. The van der Waals surface area contributed by atoms with Crippen molar-refractivity contribution in [1.82, 2.24) is 19.7 Å². The highest BCUT2D eigenvalue weighted by atomic mass is 16.1. The standard InChI is InChI=1S/C15H14N4O/c20-15(17-9-7-12-5-1-3-8-16-12)13-11-19-10-4-2-6-14(19)18-13/h1-6,8,10-11H,7,9H2,(H,17,20). The third-order valence-electron chi connectivity index (χ3n) is 2.99. The lowest BCUT2D eigenvalue weighted by atomic mass is 10.2. The van der Waals surface area contributed by atoms with E-state index in [0.29, 0.717) is 18.7 Å². The molecule has 0 aliphatic heterocycles. The summed E-state index contributed by atoms with van der Waals surface area (Å²) in [7, 11) is 0. The average Bonchev–Trinajstić information content (AvgIpc) is 2.92. The second-order valence-corrected chi connectivity index (χ2v) is 4.42. The quantitative estimate of drug-likeness (QED) is 0.782. The van der Waals surface area contributed by atoms with Gasteiger partial charge >= 0.3 is 0 Å². The fraction of sp³-hybridized carbons (Fsp3) is 0.133. The molecule has 0 fully saturated rings. The first-order valence-electron chi connectivity index (χ1n) is 6.45. The molecule has 0 aliphatic rings. The number of fused-ring (bicyclic) bond motifs is 1. The van der Waals surface area contributed by atoms with E-state index in [-0.39, 0.29) is 5.91 Å². The molecule has 0 saturated heterocycles. The van der Waals surface area contributed by atoms with Gasteiger partial charge in [-0.3, -0.25) is 9.78 Å². The maximum absolute atomic E-state index is 12.0. The van der Waals surface area contributed by atoms with Gasteiger partial charge in [0.05, 0.1) is 0 Å². The Kier molecular flexibility index (Phi) is 3.41. The minimum absolute atomic E-state index is 0.162. The monoisotopic (exact) mass is 266 g/mol. The van der Waals surface area contributed by atoms with Crippen molar-refractivity contribution < 1.29 is 4.79 Å². The molecule has 3 aromatic heterocycles. The van der Waals surface area contributed by atoms with Crippen molar-refractivity contribution >= 4 is 11.6 Å². The molecule has 0 saturated carbocycles. The third kappa shape index (κ3) is 2.66. The number of imidazole rings is 1. The zero-order valence-electron chi connectivity index (χ0n) is 10.9. The summed E-state index contributed by atoms with van der Waals surface area (Å²) in [6.45, 7) is 0.545. The van der Waals surface area contributed by atoms with E-state index >= 15 is 0 Å². The Balaban J connectivity index is 1.61. The number of aromatic nitrogens is 3. The Morgan fingerprint density at radius 3 is 2.90 bits per heavy atom. The molecule has 3 heterocycles. The number of hydrogen-bond donors (Lipinski definition) is 1. The lowest BCUT2D eigenvalue weighted by Crippen LogP contribution is -2.26. The molecular formula is C15H14N4O. The molecule has 0 aliphatic carbocycles. The van der Waals surface area contributed by atoms with Crippen molar-refractivity contribution in [1.29, 1.82) is 0 Å². The first-order valence-corrected chi connectivity index (χ1v) is 6.45. The average molecular weight is 266 g/mol. The Labute approximate surface area is 116 Å². The zero-order chi connectivity index (χ0) is 13.8. The van der Waals surface area contributed by atoms with Gasteiger partial charge < -0.3 is 9.72 Å². The van der Waals surface area contributed by atoms with Gasteiger partial charge in [0.1, 0.15) is 11.3 Å². The van der Waals surface area contributed by atoms with Gasteiger partial charge in [-0.25, -0.2) is 4.98 Å². The molecular weight excluding hydrogens is 252 g/mol. The van der Waals surface area contributed by atoms with Crippen LogP contribution in [0.1, 0.15) is 16.2 Å². The van der Waals surface area contributed by atoms with E-state index in [2.05, 4.69) is 15.3 Å². The van der Waals surface area contributed by atoms with E-state index < -0.39 is 0 Å². The minimum atomic E-state index is -0.162. The fourth-order valence-corrected chi connectivity index (χ4v) is 1.98. The molecule has 0 aromatic carbocycles. The number of rotatable bonds is 4. The number of carbonyl (C=O) groups is 1. The third-order valence-corrected chi connectivity index (χ3v) is 2.99. The molecule has 0 bridgehead atoms. The molecule has 100 valence electrons. The Hall–Kier alpha value is -2.69. The maximum Gasteiger partial charge on any atom is 0.271 e. The number of nitrogens with zero attached hydrogens (tertiary/aromatic N) is 3. The molecule has 0 unspecified atom stereocenters. The summed E-state index contributed by atoms with van der Waals surface area (Å²) in [5, 5.41) is 2.85. The Morgan fingerprint density at radius 1 is 1.20 bits per heavy atom. The zero-order valence-corrected chi connectivity index (χ0v) is 10.9. The smallest absolute Gasteiger partial charge is 0.271 e. The normalized spacial score (nSPS) is 10.6. The predicted octanol–water partition coefficient (Wildman–Crippen LogP) is 1.70. The molecule has 1 amide bonds. The molecule has 1 N–H and O–H groups in total. The summed E-state index contributed by atoms with van der Waals surface area (Å²) < 4.78 is 1.83. The van der Waals surface area contributed by atoms with Gasteiger partial charge in [-0.15, -0.1) is 0 Å². The lowest BCUT2D eigenvalue weighted by Gasteiger charge is -2.02. The van der Waals surface area contributed by atoms with E-state index in [9.17, 15) is 4.79 Å². The van der Waals surface area contributed by atoms with E-state index in [1.165, 1.54) is 0 Å². The highest BCUT2D eigenvalue weighted by Crippen LogP contribution is 2.04. The van der Waals surface area contributed by atoms with Crippen LogP contribution in [0.15, 0.2) is 55.0 Å². The Morgan fingerprint density at radius 2 is 2.10 bits per heavy atom. The number of carbonyl (C=O) groups excluding carboxylic acids is 1. The summed E-state index contributed by atoms with van der Waals surface area (Å²) >= 11 is 0. The van der Waals surface area contributed by atoms with Crippen molar-refractivity contribution in [3.8, 4) is 0 Å². The van der Waals surface area contributed by atoms with Gasteiger partial charge in [0.25, 0.3) is 5.91 Å². The van der Waals surface area contributed by atoms with Crippen molar-refractivity contribution in [3.05, 3.63) is 66.4 Å². The van der Waals surface area contributed by atoms with Crippen LogP contribution in [0.4, 0.5) is 0 Å². The van der Waals surface area contributed by atoms with Crippen molar-refractivity contribution in [2.45, 2.75) is 6.42 Å². The summed E-state index contributed by atoms with van der Waals surface area (Å²) in [6, 6.07) is 11.4. The predicted molar refractivity (Wildman–Crippen MR) is 75.5 cm³/mol. The first kappa shape index (κ1) is 12.3. The van der Waals surface area contributed by atoms with Crippen LogP contribution in [0.3, 0.4) is 0 Å². The fourth-order valence-electron chi connectivity index (χ4n) is 1.98. The van der Waals surface area contributed by atoms with Gasteiger partial charge in [-0.05, 0) is 24.3 Å². The van der Waals surface area contributed by atoms with Gasteiger partial charge in [-0.2, -0.15) is 0 Å². The van der Waals surface area contributed by atoms with Crippen LogP contribution in [-0.2, 0) is 6.42 Å². The largest absolute Gasteiger partial charge is 0.350 e.